The predicted octanol–water partition coefficient (Wildman–Crippen LogP) is 2.37. The molecule has 1 aromatic rings. The van der Waals surface area contributed by atoms with E-state index in [0.717, 1.165) is 0 Å². The number of benzene rings is 1. The van der Waals surface area contributed by atoms with Gasteiger partial charge in [0.25, 0.3) is 0 Å². The van der Waals surface area contributed by atoms with Crippen molar-refractivity contribution in [2.75, 3.05) is 27.9 Å². The summed E-state index contributed by atoms with van der Waals surface area (Å²) in [7, 11) is 0.303. The molecule has 1 heterocycles. The maximum Gasteiger partial charge on any atom is 0.362 e. The number of methoxy groups -OCH3 is 3. The first-order valence-electron chi connectivity index (χ1n) is 7.86. The van der Waals surface area contributed by atoms with Gasteiger partial charge in [0.15, 0.2) is 0 Å². The minimum Gasteiger partial charge on any atom is -0.497 e. The molecule has 0 N–H and O–H groups in total. The van der Waals surface area contributed by atoms with Gasteiger partial charge in [0.2, 0.25) is 0 Å². The Balaban J connectivity index is 2.61. The van der Waals surface area contributed by atoms with E-state index in [-0.39, 0.29) is 13.0 Å². The molecule has 2 rings (SSSR count). The molecule has 8 nitrogen and oxygen atoms in total. The van der Waals surface area contributed by atoms with Crippen molar-refractivity contribution in [3.63, 3.8) is 0 Å². The van der Waals surface area contributed by atoms with E-state index in [0.29, 0.717) is 22.2 Å². The summed E-state index contributed by atoms with van der Waals surface area (Å²) < 4.78 is 38.8. The molecule has 0 spiro atoms. The SMILES string of the molecule is CCOP1(=O)OC(CC(=O)OC)c2cc(OC)cc(/C=C/C(=O)OC)c21. The van der Waals surface area contributed by atoms with Crippen LogP contribution in [0.5, 0.6) is 5.75 Å². The lowest BCUT2D eigenvalue weighted by molar-refractivity contribution is -0.142. The molecule has 0 saturated carbocycles. The number of rotatable bonds is 7. The highest BCUT2D eigenvalue weighted by molar-refractivity contribution is 7.62. The van der Waals surface area contributed by atoms with E-state index in [1.165, 1.54) is 33.5 Å². The highest BCUT2D eigenvalue weighted by Crippen LogP contribution is 2.59. The van der Waals surface area contributed by atoms with E-state index < -0.39 is 25.6 Å². The molecule has 2 atom stereocenters. The van der Waals surface area contributed by atoms with E-state index in [4.69, 9.17) is 13.8 Å². The summed E-state index contributed by atoms with van der Waals surface area (Å²) in [5.74, 6) is -0.630. The van der Waals surface area contributed by atoms with Crippen molar-refractivity contribution in [3.05, 3.63) is 29.3 Å². The molecule has 0 aromatic heterocycles. The smallest absolute Gasteiger partial charge is 0.362 e. The Morgan fingerprint density at radius 3 is 2.54 bits per heavy atom. The van der Waals surface area contributed by atoms with Gasteiger partial charge in [-0.25, -0.2) is 4.79 Å². The van der Waals surface area contributed by atoms with Crippen molar-refractivity contribution < 1.29 is 37.4 Å². The largest absolute Gasteiger partial charge is 0.497 e. The van der Waals surface area contributed by atoms with Crippen LogP contribution in [0.4, 0.5) is 0 Å². The highest BCUT2D eigenvalue weighted by Gasteiger charge is 2.45. The first-order valence-corrected chi connectivity index (χ1v) is 9.41. The molecule has 1 aliphatic rings. The minimum atomic E-state index is -3.69. The molecule has 142 valence electrons. The summed E-state index contributed by atoms with van der Waals surface area (Å²) in [4.78, 5) is 23.1. The Hall–Kier alpha value is -2.15. The van der Waals surface area contributed by atoms with Crippen molar-refractivity contribution in [2.45, 2.75) is 19.4 Å². The van der Waals surface area contributed by atoms with E-state index >= 15 is 0 Å². The maximum absolute atomic E-state index is 13.3. The van der Waals surface area contributed by atoms with Crippen molar-refractivity contribution in [1.82, 2.24) is 0 Å². The van der Waals surface area contributed by atoms with Crippen molar-refractivity contribution in [1.29, 1.82) is 0 Å². The fourth-order valence-electron chi connectivity index (χ4n) is 2.61. The lowest BCUT2D eigenvalue weighted by Gasteiger charge is -2.14. The third kappa shape index (κ3) is 4.15. The zero-order valence-corrected chi connectivity index (χ0v) is 15.9. The summed E-state index contributed by atoms with van der Waals surface area (Å²) in [6.07, 6.45) is 1.70. The monoisotopic (exact) mass is 384 g/mol. The van der Waals surface area contributed by atoms with E-state index in [1.807, 2.05) is 0 Å². The second-order valence-electron chi connectivity index (χ2n) is 5.30. The van der Waals surface area contributed by atoms with Crippen LogP contribution >= 0.6 is 7.60 Å². The van der Waals surface area contributed by atoms with Crippen LogP contribution in [0.3, 0.4) is 0 Å². The third-order valence-corrected chi connectivity index (χ3v) is 5.94. The van der Waals surface area contributed by atoms with Gasteiger partial charge in [0.05, 0.1) is 39.7 Å². The summed E-state index contributed by atoms with van der Waals surface area (Å²) >= 11 is 0. The van der Waals surface area contributed by atoms with Crippen molar-refractivity contribution in [2.24, 2.45) is 0 Å². The van der Waals surface area contributed by atoms with Gasteiger partial charge in [-0.1, -0.05) is 0 Å². The van der Waals surface area contributed by atoms with Gasteiger partial charge in [-0.3, -0.25) is 13.9 Å². The molecule has 9 heteroatoms. The van der Waals surface area contributed by atoms with Gasteiger partial charge < -0.3 is 18.7 Å². The molecule has 0 saturated heterocycles. The van der Waals surface area contributed by atoms with Crippen molar-refractivity contribution in [3.8, 4) is 5.75 Å². The topological polar surface area (TPSA) is 97.4 Å². The normalized spacial score (nSPS) is 21.5. The molecule has 1 aromatic carbocycles. The Morgan fingerprint density at radius 2 is 1.96 bits per heavy atom. The summed E-state index contributed by atoms with van der Waals surface area (Å²) in [6.45, 7) is 1.83. The first-order chi connectivity index (χ1) is 12.4. The molecule has 26 heavy (non-hydrogen) atoms. The second-order valence-corrected chi connectivity index (χ2v) is 7.21. The van der Waals surface area contributed by atoms with Gasteiger partial charge >= 0.3 is 19.5 Å². The Kier molecular flexibility index (Phi) is 6.58. The van der Waals surface area contributed by atoms with Gasteiger partial charge in [0.1, 0.15) is 11.9 Å². The van der Waals surface area contributed by atoms with Crippen LogP contribution in [0.1, 0.15) is 30.6 Å². The lowest BCUT2D eigenvalue weighted by Crippen LogP contribution is -2.13. The summed E-state index contributed by atoms with van der Waals surface area (Å²) in [5, 5.41) is 0.300. The van der Waals surface area contributed by atoms with Gasteiger partial charge in [0, 0.05) is 11.6 Å². The quantitative estimate of drug-likeness (QED) is 0.402. The molecular formula is C17H21O8P. The highest BCUT2D eigenvalue weighted by atomic mass is 31.2. The van der Waals surface area contributed by atoms with E-state index in [2.05, 4.69) is 9.47 Å². The van der Waals surface area contributed by atoms with Crippen molar-refractivity contribution >= 4 is 30.9 Å². The van der Waals surface area contributed by atoms with Crippen LogP contribution in [-0.4, -0.2) is 39.9 Å². The van der Waals surface area contributed by atoms with Crippen LogP contribution in [0.2, 0.25) is 0 Å². The fourth-order valence-corrected chi connectivity index (χ4v) is 4.75. The molecule has 1 aliphatic heterocycles. The number of carbonyl (C=O) groups excluding carboxylic acids is 2. The summed E-state index contributed by atoms with van der Waals surface area (Å²) in [6, 6.07) is 3.24. The lowest BCUT2D eigenvalue weighted by atomic mass is 10.0. The fraction of sp³-hybridized carbons (Fsp3) is 0.412. The zero-order chi connectivity index (χ0) is 19.3. The number of fused-ring (bicyclic) bond motifs is 1. The van der Waals surface area contributed by atoms with Crippen LogP contribution in [0, 0.1) is 0 Å². The molecule has 0 bridgehead atoms. The number of hydrogen-bond acceptors (Lipinski definition) is 8. The Morgan fingerprint density at radius 1 is 1.23 bits per heavy atom. The maximum atomic E-state index is 13.3. The zero-order valence-electron chi connectivity index (χ0n) is 15.0. The van der Waals surface area contributed by atoms with Crippen LogP contribution in [0.15, 0.2) is 18.2 Å². The molecule has 0 amide bonds. The first kappa shape index (κ1) is 20.2. The average Bonchev–Trinajstić information content (AvgIpc) is 2.91. The Labute approximate surface area is 151 Å². The van der Waals surface area contributed by atoms with Gasteiger partial charge in [-0.05, 0) is 30.7 Å². The molecular weight excluding hydrogens is 363 g/mol. The molecule has 0 aliphatic carbocycles. The van der Waals surface area contributed by atoms with E-state index in [1.54, 1.807) is 19.1 Å². The second kappa shape index (κ2) is 8.49. The number of hydrogen-bond donors (Lipinski definition) is 0. The standard InChI is InChI=1S/C17H21O8P/c1-5-24-26(20)17-11(6-7-15(18)22-3)8-12(21-2)9-13(17)14(25-26)10-16(19)23-4/h6-9,14H,5,10H2,1-4H3/b7-6+. The molecule has 0 radical (unpaired) electrons. The number of esters is 2. The average molecular weight is 384 g/mol. The van der Waals surface area contributed by atoms with Gasteiger partial charge in [-0.15, -0.1) is 0 Å². The van der Waals surface area contributed by atoms with Crippen LogP contribution in [-0.2, 0) is 32.7 Å². The van der Waals surface area contributed by atoms with Crippen LogP contribution < -0.4 is 10.0 Å². The summed E-state index contributed by atoms with van der Waals surface area (Å²) in [5.41, 5.74) is 0.921. The minimum absolute atomic E-state index is 0.131. The molecule has 2 unspecified atom stereocenters. The Bertz CT molecular complexity index is 770. The number of ether oxygens (including phenoxy) is 3. The third-order valence-electron chi connectivity index (χ3n) is 3.74. The molecule has 0 fully saturated rings. The number of carbonyl (C=O) groups is 2. The van der Waals surface area contributed by atoms with Gasteiger partial charge in [-0.2, -0.15) is 0 Å². The van der Waals surface area contributed by atoms with E-state index in [9.17, 15) is 14.2 Å². The predicted molar refractivity (Wildman–Crippen MR) is 93.4 cm³/mol. The van der Waals surface area contributed by atoms with Crippen LogP contribution in [0.25, 0.3) is 6.08 Å².